The summed E-state index contributed by atoms with van der Waals surface area (Å²) in [5.74, 6) is -1.19. The van der Waals surface area contributed by atoms with Gasteiger partial charge in [0, 0.05) is 0 Å². The summed E-state index contributed by atoms with van der Waals surface area (Å²) < 4.78 is 9.29. The number of nitrogens with zero attached hydrogens (tertiary/aromatic N) is 3. The highest BCUT2D eigenvalue weighted by molar-refractivity contribution is 5.68. The molecule has 20 heavy (non-hydrogen) atoms. The second-order valence-electron chi connectivity index (χ2n) is 4.56. The third-order valence-corrected chi connectivity index (χ3v) is 1.67. The third-order valence-electron chi connectivity index (χ3n) is 1.67. The Morgan fingerprint density at radius 1 is 1.40 bits per heavy atom. The van der Waals surface area contributed by atoms with Crippen molar-refractivity contribution in [1.82, 2.24) is 5.01 Å². The molecular formula is C10H19N3O7. The number of likely N-dealkylation sites (N-methyl/N-ethyl adjacent to an activating group) is 1. The first-order valence-electron chi connectivity index (χ1n) is 5.78. The van der Waals surface area contributed by atoms with Gasteiger partial charge in [-0.25, -0.2) is 4.79 Å². The molecule has 0 fully saturated rings. The summed E-state index contributed by atoms with van der Waals surface area (Å²) >= 11 is 0. The lowest BCUT2D eigenvalue weighted by Crippen LogP contribution is -2.35. The summed E-state index contributed by atoms with van der Waals surface area (Å²) in [5.41, 5.74) is -0.709. The summed E-state index contributed by atoms with van der Waals surface area (Å²) in [4.78, 5) is 25.9. The van der Waals surface area contributed by atoms with Crippen LogP contribution in [0.2, 0.25) is 0 Å². The van der Waals surface area contributed by atoms with Crippen molar-refractivity contribution >= 4 is 12.1 Å². The van der Waals surface area contributed by atoms with E-state index in [0.29, 0.717) is 0 Å². The number of carboxylic acid groups (broad SMARTS) is 1. The van der Waals surface area contributed by atoms with Gasteiger partial charge in [0.1, 0.15) is 5.60 Å². The molecule has 1 N–H and O–H groups in total. The zero-order valence-electron chi connectivity index (χ0n) is 11.9. The van der Waals surface area contributed by atoms with Gasteiger partial charge in [-0.05, 0) is 27.7 Å². The van der Waals surface area contributed by atoms with Gasteiger partial charge in [-0.3, -0.25) is 4.79 Å². The van der Waals surface area contributed by atoms with E-state index in [-0.39, 0.29) is 11.5 Å². The van der Waals surface area contributed by atoms with Crippen molar-refractivity contribution in [2.45, 2.75) is 33.3 Å². The molecule has 0 heterocycles. The Morgan fingerprint density at radius 3 is 2.45 bits per heavy atom. The first kappa shape index (κ1) is 17.7. The molecule has 0 aliphatic rings. The maximum atomic E-state index is 11.3. The van der Waals surface area contributed by atoms with Crippen LogP contribution in [0.15, 0.2) is 5.28 Å². The maximum Gasteiger partial charge on any atom is 0.511 e. The van der Waals surface area contributed by atoms with Gasteiger partial charge in [0.15, 0.2) is 6.54 Å². The van der Waals surface area contributed by atoms with Gasteiger partial charge >= 0.3 is 12.1 Å². The zero-order chi connectivity index (χ0) is 15.8. The molecule has 116 valence electrons. The van der Waals surface area contributed by atoms with Gasteiger partial charge in [0.25, 0.3) is 6.79 Å². The minimum Gasteiger partial charge on any atom is -0.569 e. The van der Waals surface area contributed by atoms with Crippen LogP contribution in [0.3, 0.4) is 0 Å². The lowest BCUT2D eigenvalue weighted by molar-refractivity contribution is -0.709. The van der Waals surface area contributed by atoms with Crippen molar-refractivity contribution < 1.29 is 34.0 Å². The standard InChI is InChI=1S/C10H19N3O7/c1-5-12(6-8(14)15)13(17)11-19-7-18-9(16)20-10(2,3)4/h5-7H2,1-4H3,(H,14,15)/b13-11-. The SMILES string of the molecule is CCN(CC(=O)O)/[N+]([O-])=N/OCOC(=O)OC(C)(C)C. The highest BCUT2D eigenvalue weighted by atomic mass is 16.8. The molecule has 0 aliphatic carbocycles. The summed E-state index contributed by atoms with van der Waals surface area (Å²) in [6.45, 7) is 5.51. The molecule has 0 amide bonds. The predicted octanol–water partition coefficient (Wildman–Crippen LogP) is 1.11. The lowest BCUT2D eigenvalue weighted by Gasteiger charge is -2.18. The fraction of sp³-hybridized carbons (Fsp3) is 0.800. The first-order valence-corrected chi connectivity index (χ1v) is 5.78. The molecule has 0 aromatic heterocycles. The first-order chi connectivity index (χ1) is 9.15. The van der Waals surface area contributed by atoms with E-state index in [1.165, 1.54) is 0 Å². The summed E-state index contributed by atoms with van der Waals surface area (Å²) in [7, 11) is 0. The van der Waals surface area contributed by atoms with Crippen molar-refractivity contribution in [2.75, 3.05) is 19.9 Å². The number of ether oxygens (including phenoxy) is 2. The average molecular weight is 293 g/mol. The summed E-state index contributed by atoms with van der Waals surface area (Å²) in [5, 5.41) is 23.7. The normalized spacial score (nSPS) is 11.7. The molecule has 0 unspecified atom stereocenters. The molecule has 0 radical (unpaired) electrons. The van der Waals surface area contributed by atoms with Crippen LogP contribution in [-0.2, 0) is 19.1 Å². The molecule has 0 aromatic carbocycles. The lowest BCUT2D eigenvalue weighted by atomic mass is 10.2. The Balaban J connectivity index is 4.10. The van der Waals surface area contributed by atoms with Crippen molar-refractivity contribution in [3.05, 3.63) is 5.21 Å². The second kappa shape index (κ2) is 8.02. The molecule has 0 rings (SSSR count). The van der Waals surface area contributed by atoms with Gasteiger partial charge in [-0.1, -0.05) is 0 Å². The summed E-state index contributed by atoms with van der Waals surface area (Å²) in [6, 6.07) is 0. The fourth-order valence-electron chi connectivity index (χ4n) is 0.928. The van der Waals surface area contributed by atoms with Crippen molar-refractivity contribution in [3.8, 4) is 0 Å². The molecule has 0 atom stereocenters. The van der Waals surface area contributed by atoms with E-state index in [4.69, 9.17) is 9.84 Å². The molecule has 0 spiro atoms. The van der Waals surface area contributed by atoms with E-state index in [1.54, 1.807) is 27.7 Å². The number of rotatable bonds is 7. The minimum atomic E-state index is -1.19. The number of carboxylic acids is 1. The number of carbonyl (C=O) groups excluding carboxylic acids is 1. The number of carbonyl (C=O) groups is 2. The van der Waals surface area contributed by atoms with E-state index in [1.807, 2.05) is 0 Å². The zero-order valence-corrected chi connectivity index (χ0v) is 11.9. The fourth-order valence-corrected chi connectivity index (χ4v) is 0.928. The largest absolute Gasteiger partial charge is 0.569 e. The Labute approximate surface area is 116 Å². The predicted molar refractivity (Wildman–Crippen MR) is 64.2 cm³/mol. The molecule has 10 heteroatoms. The number of hydrogen-bond acceptors (Lipinski definition) is 7. The molecule has 0 aliphatic heterocycles. The monoisotopic (exact) mass is 293 g/mol. The average Bonchev–Trinajstić information content (AvgIpc) is 2.28. The Bertz CT molecular complexity index is 364. The van der Waals surface area contributed by atoms with Gasteiger partial charge in [-0.15, -0.1) is 5.01 Å². The third kappa shape index (κ3) is 8.78. The van der Waals surface area contributed by atoms with Gasteiger partial charge in [-0.2, -0.15) is 0 Å². The minimum absolute atomic E-state index is 0.0351. The number of aliphatic carboxylic acids is 1. The highest BCUT2D eigenvalue weighted by Crippen LogP contribution is 2.07. The van der Waals surface area contributed by atoms with E-state index in [2.05, 4.69) is 14.9 Å². The van der Waals surface area contributed by atoms with E-state index >= 15 is 0 Å². The van der Waals surface area contributed by atoms with Crippen LogP contribution >= 0.6 is 0 Å². The topological polar surface area (TPSA) is 124 Å². The molecule has 0 bridgehead atoms. The molecule has 0 saturated heterocycles. The quantitative estimate of drug-likeness (QED) is 0.185. The molecule has 0 aromatic rings. The Morgan fingerprint density at radius 2 is 2.00 bits per heavy atom. The second-order valence-corrected chi connectivity index (χ2v) is 4.56. The molecular weight excluding hydrogens is 274 g/mol. The smallest absolute Gasteiger partial charge is 0.511 e. The van der Waals surface area contributed by atoms with Crippen LogP contribution in [0, 0.1) is 5.21 Å². The Kier molecular flexibility index (Phi) is 7.11. The van der Waals surface area contributed by atoms with Gasteiger partial charge in [0.05, 0.1) is 11.5 Å². The van der Waals surface area contributed by atoms with Gasteiger partial charge in [0.2, 0.25) is 5.28 Å². The van der Waals surface area contributed by atoms with E-state index in [0.717, 1.165) is 5.01 Å². The van der Waals surface area contributed by atoms with Crippen LogP contribution in [0.4, 0.5) is 4.79 Å². The van der Waals surface area contributed by atoms with E-state index in [9.17, 15) is 14.8 Å². The highest BCUT2D eigenvalue weighted by Gasteiger charge is 2.18. The van der Waals surface area contributed by atoms with Crippen molar-refractivity contribution in [3.63, 3.8) is 0 Å². The van der Waals surface area contributed by atoms with Gasteiger partial charge < -0.3 is 24.6 Å². The van der Waals surface area contributed by atoms with Crippen molar-refractivity contribution in [1.29, 1.82) is 0 Å². The van der Waals surface area contributed by atoms with Crippen LogP contribution in [0.1, 0.15) is 27.7 Å². The van der Waals surface area contributed by atoms with Crippen LogP contribution in [0.25, 0.3) is 0 Å². The van der Waals surface area contributed by atoms with Crippen LogP contribution in [0.5, 0.6) is 0 Å². The van der Waals surface area contributed by atoms with E-state index < -0.39 is 31.1 Å². The molecule has 0 saturated carbocycles. The number of hydrazine groups is 1. The molecule has 10 nitrogen and oxygen atoms in total. The van der Waals surface area contributed by atoms with Crippen LogP contribution < -0.4 is 0 Å². The van der Waals surface area contributed by atoms with Crippen molar-refractivity contribution in [2.24, 2.45) is 5.28 Å². The Hall–Kier alpha value is -2.26. The number of hydrogen-bond donors (Lipinski definition) is 1. The maximum absolute atomic E-state index is 11.3. The van der Waals surface area contributed by atoms with Crippen LogP contribution in [-0.4, -0.2) is 52.7 Å². The summed E-state index contributed by atoms with van der Waals surface area (Å²) in [6.07, 6.45) is -0.969.